The molecule has 0 saturated carbocycles. The van der Waals surface area contributed by atoms with E-state index in [2.05, 4.69) is 5.32 Å². The van der Waals surface area contributed by atoms with E-state index in [0.717, 1.165) is 5.56 Å². The van der Waals surface area contributed by atoms with E-state index in [1.54, 1.807) is 26.2 Å². The molecular formula is C26H28N2O6. The van der Waals surface area contributed by atoms with Gasteiger partial charge in [-0.15, -0.1) is 0 Å². The van der Waals surface area contributed by atoms with Crippen LogP contribution < -0.4 is 14.8 Å². The molecule has 1 amide bonds. The van der Waals surface area contributed by atoms with Crippen LogP contribution in [-0.4, -0.2) is 29.8 Å². The third-order valence-corrected chi connectivity index (χ3v) is 6.39. The SMILES string of the molecule is COc1cc(C2CC(=O)C3=C(C2)NC(=O)CC3c2ccc(C)c([N+](=O)[O-])c2)ccc1OC(C)C. The molecule has 8 heteroatoms. The van der Waals surface area contributed by atoms with Crippen LogP contribution in [0.4, 0.5) is 5.69 Å². The summed E-state index contributed by atoms with van der Waals surface area (Å²) in [5.41, 5.74) is 3.23. The standard InChI is InChI=1S/C26H28N2O6/c1-14(2)34-23-8-7-16(12-24(23)33-4)18-9-20-26(22(29)11-18)19(13-25(30)27-20)17-6-5-15(3)21(10-17)28(31)32/h5-8,10,12,14,18-19H,9,11,13H2,1-4H3,(H,27,30). The summed E-state index contributed by atoms with van der Waals surface area (Å²) in [5.74, 6) is 0.360. The normalized spacial score (nSPS) is 20.1. The maximum absolute atomic E-state index is 13.4. The number of nitrogens with one attached hydrogen (secondary N) is 1. The van der Waals surface area contributed by atoms with E-state index >= 15 is 0 Å². The number of carbonyl (C=O) groups is 2. The first kappa shape index (κ1) is 23.5. The summed E-state index contributed by atoms with van der Waals surface area (Å²) in [4.78, 5) is 36.9. The highest BCUT2D eigenvalue weighted by atomic mass is 16.6. The van der Waals surface area contributed by atoms with Crippen LogP contribution in [0.3, 0.4) is 0 Å². The summed E-state index contributed by atoms with van der Waals surface area (Å²) in [6.07, 6.45) is 0.859. The quantitative estimate of drug-likeness (QED) is 0.490. The zero-order valence-corrected chi connectivity index (χ0v) is 19.7. The van der Waals surface area contributed by atoms with Crippen molar-refractivity contribution in [1.29, 1.82) is 0 Å². The number of nitrogens with zero attached hydrogens (tertiary/aromatic N) is 1. The molecule has 0 radical (unpaired) electrons. The third-order valence-electron chi connectivity index (χ3n) is 6.39. The lowest BCUT2D eigenvalue weighted by Crippen LogP contribution is -2.38. The Hall–Kier alpha value is -3.68. The molecule has 0 fully saturated rings. The first-order valence-corrected chi connectivity index (χ1v) is 11.3. The van der Waals surface area contributed by atoms with E-state index in [1.165, 1.54) is 6.07 Å². The number of aryl methyl sites for hydroxylation is 1. The second-order valence-corrected chi connectivity index (χ2v) is 9.11. The highest BCUT2D eigenvalue weighted by Crippen LogP contribution is 2.44. The van der Waals surface area contributed by atoms with Crippen molar-refractivity contribution >= 4 is 17.4 Å². The second-order valence-electron chi connectivity index (χ2n) is 9.11. The number of allylic oxidation sites excluding steroid dienone is 2. The van der Waals surface area contributed by atoms with Crippen LogP contribution in [0.1, 0.15) is 61.6 Å². The Morgan fingerprint density at radius 3 is 2.44 bits per heavy atom. The lowest BCUT2D eigenvalue weighted by atomic mass is 9.73. The number of benzene rings is 2. The summed E-state index contributed by atoms with van der Waals surface area (Å²) < 4.78 is 11.3. The highest BCUT2D eigenvalue weighted by molar-refractivity contribution is 6.02. The molecule has 0 spiro atoms. The van der Waals surface area contributed by atoms with Gasteiger partial charge in [0.1, 0.15) is 0 Å². The number of ether oxygens (including phenoxy) is 2. The van der Waals surface area contributed by atoms with E-state index in [-0.39, 0.29) is 42.2 Å². The molecule has 2 atom stereocenters. The summed E-state index contributed by atoms with van der Waals surface area (Å²) >= 11 is 0. The number of ketones is 1. The van der Waals surface area contributed by atoms with E-state index in [9.17, 15) is 19.7 Å². The number of Topliss-reactive ketones (excluding diaryl/α,β-unsaturated/α-hetero) is 1. The summed E-state index contributed by atoms with van der Waals surface area (Å²) in [5, 5.41) is 14.3. The van der Waals surface area contributed by atoms with Crippen LogP contribution in [0.2, 0.25) is 0 Å². The number of hydrogen-bond donors (Lipinski definition) is 1. The molecule has 1 aliphatic heterocycles. The van der Waals surface area contributed by atoms with E-state index in [0.29, 0.717) is 40.3 Å². The van der Waals surface area contributed by atoms with Gasteiger partial charge in [0.2, 0.25) is 5.91 Å². The minimum absolute atomic E-state index is 0.00398. The van der Waals surface area contributed by atoms with Gasteiger partial charge >= 0.3 is 0 Å². The maximum Gasteiger partial charge on any atom is 0.272 e. The molecule has 4 rings (SSSR count). The van der Waals surface area contributed by atoms with Crippen LogP contribution in [0.25, 0.3) is 0 Å². The van der Waals surface area contributed by atoms with Gasteiger partial charge in [0.25, 0.3) is 5.69 Å². The Kier molecular flexibility index (Phi) is 6.41. The van der Waals surface area contributed by atoms with Gasteiger partial charge in [-0.3, -0.25) is 19.7 Å². The summed E-state index contributed by atoms with van der Waals surface area (Å²) in [7, 11) is 1.58. The van der Waals surface area contributed by atoms with E-state index in [4.69, 9.17) is 9.47 Å². The average Bonchev–Trinajstić information content (AvgIpc) is 2.78. The lowest BCUT2D eigenvalue weighted by Gasteiger charge is -2.34. The molecule has 34 heavy (non-hydrogen) atoms. The van der Waals surface area contributed by atoms with Crippen LogP contribution in [-0.2, 0) is 9.59 Å². The lowest BCUT2D eigenvalue weighted by molar-refractivity contribution is -0.385. The van der Waals surface area contributed by atoms with Gasteiger partial charge in [0.15, 0.2) is 17.3 Å². The van der Waals surface area contributed by atoms with Crippen molar-refractivity contribution in [3.05, 3.63) is 74.5 Å². The molecule has 1 aliphatic carbocycles. The molecule has 2 aliphatic rings. The molecule has 8 nitrogen and oxygen atoms in total. The molecule has 2 aromatic carbocycles. The monoisotopic (exact) mass is 464 g/mol. The van der Waals surface area contributed by atoms with Crippen molar-refractivity contribution in [2.24, 2.45) is 0 Å². The molecule has 0 saturated heterocycles. The number of carbonyl (C=O) groups excluding carboxylic acids is 2. The fraction of sp³-hybridized carbons (Fsp3) is 0.385. The number of amides is 1. The van der Waals surface area contributed by atoms with Crippen molar-refractivity contribution in [1.82, 2.24) is 5.32 Å². The topological polar surface area (TPSA) is 108 Å². The number of nitro benzene ring substituents is 1. The molecule has 178 valence electrons. The first-order valence-electron chi connectivity index (χ1n) is 11.3. The van der Waals surface area contributed by atoms with Gasteiger partial charge < -0.3 is 14.8 Å². The van der Waals surface area contributed by atoms with Gasteiger partial charge in [-0.05, 0) is 56.4 Å². The zero-order chi connectivity index (χ0) is 24.6. The number of nitro groups is 1. The van der Waals surface area contributed by atoms with E-state index in [1.807, 2.05) is 32.0 Å². The molecule has 0 aromatic heterocycles. The predicted molar refractivity (Wildman–Crippen MR) is 126 cm³/mol. The van der Waals surface area contributed by atoms with Crippen molar-refractivity contribution in [2.75, 3.05) is 7.11 Å². The van der Waals surface area contributed by atoms with Crippen LogP contribution in [0, 0.1) is 17.0 Å². The Balaban J connectivity index is 1.68. The molecule has 0 bridgehead atoms. The Bertz CT molecular complexity index is 1200. The van der Waals surface area contributed by atoms with Crippen molar-refractivity contribution in [3.8, 4) is 11.5 Å². The number of hydrogen-bond acceptors (Lipinski definition) is 6. The minimum Gasteiger partial charge on any atom is -0.493 e. The molecule has 2 unspecified atom stereocenters. The minimum atomic E-state index is -0.493. The van der Waals surface area contributed by atoms with E-state index < -0.39 is 10.8 Å². The summed E-state index contributed by atoms with van der Waals surface area (Å²) in [6, 6.07) is 10.6. The fourth-order valence-electron chi connectivity index (χ4n) is 4.81. The molecule has 2 aromatic rings. The van der Waals surface area contributed by atoms with Gasteiger partial charge in [-0.2, -0.15) is 0 Å². The number of methoxy groups -OCH3 is 1. The second kappa shape index (κ2) is 9.29. The van der Waals surface area contributed by atoms with Crippen LogP contribution >= 0.6 is 0 Å². The molecular weight excluding hydrogens is 436 g/mol. The fourth-order valence-corrected chi connectivity index (χ4v) is 4.81. The smallest absolute Gasteiger partial charge is 0.272 e. The molecule has 1 N–H and O–H groups in total. The largest absolute Gasteiger partial charge is 0.493 e. The van der Waals surface area contributed by atoms with Gasteiger partial charge in [0.05, 0.1) is 18.1 Å². The van der Waals surface area contributed by atoms with Crippen molar-refractivity contribution in [3.63, 3.8) is 0 Å². The van der Waals surface area contributed by atoms with Crippen LogP contribution in [0.5, 0.6) is 11.5 Å². The van der Waals surface area contributed by atoms with Crippen molar-refractivity contribution < 1.29 is 24.0 Å². The maximum atomic E-state index is 13.4. The van der Waals surface area contributed by atoms with Gasteiger partial charge in [0, 0.05) is 41.7 Å². The van der Waals surface area contributed by atoms with Gasteiger partial charge in [-0.1, -0.05) is 18.2 Å². The first-order chi connectivity index (χ1) is 16.2. The summed E-state index contributed by atoms with van der Waals surface area (Å²) in [6.45, 7) is 5.54. The highest BCUT2D eigenvalue weighted by Gasteiger charge is 2.38. The van der Waals surface area contributed by atoms with Gasteiger partial charge in [-0.25, -0.2) is 0 Å². The average molecular weight is 465 g/mol. The molecule has 1 heterocycles. The predicted octanol–water partition coefficient (Wildman–Crippen LogP) is 4.70. The zero-order valence-electron chi connectivity index (χ0n) is 19.7. The Morgan fingerprint density at radius 2 is 1.76 bits per heavy atom. The third kappa shape index (κ3) is 4.53. The Morgan fingerprint density at radius 1 is 1.03 bits per heavy atom. The van der Waals surface area contributed by atoms with Crippen molar-refractivity contribution in [2.45, 2.75) is 58.0 Å². The number of rotatable bonds is 6. The van der Waals surface area contributed by atoms with Crippen LogP contribution in [0.15, 0.2) is 47.7 Å². The Labute approximate surface area is 198 Å².